The van der Waals surface area contributed by atoms with Gasteiger partial charge in [-0.3, -0.25) is 14.7 Å². The van der Waals surface area contributed by atoms with Gasteiger partial charge in [0.1, 0.15) is 0 Å². The van der Waals surface area contributed by atoms with Crippen LogP contribution in [-0.2, 0) is 19.3 Å². The minimum Gasteiger partial charge on any atom is -0.302 e. The first-order valence-electron chi connectivity index (χ1n) is 7.07. The van der Waals surface area contributed by atoms with Gasteiger partial charge in [0.05, 0.1) is 0 Å². The lowest BCUT2D eigenvalue weighted by Gasteiger charge is -2.04. The van der Waals surface area contributed by atoms with Crippen molar-refractivity contribution in [1.82, 2.24) is 10.2 Å². The maximum atomic E-state index is 11.2. The van der Waals surface area contributed by atoms with E-state index in [0.717, 1.165) is 18.5 Å². The van der Waals surface area contributed by atoms with E-state index in [9.17, 15) is 9.59 Å². The molecule has 2 aromatic rings. The molecule has 0 saturated heterocycles. The van der Waals surface area contributed by atoms with Crippen LogP contribution in [0.5, 0.6) is 0 Å². The Morgan fingerprint density at radius 3 is 2.15 bits per heavy atom. The van der Waals surface area contributed by atoms with Crippen LogP contribution in [0.15, 0.2) is 39.9 Å². The van der Waals surface area contributed by atoms with Crippen molar-refractivity contribution < 1.29 is 0 Å². The van der Waals surface area contributed by atoms with Crippen LogP contribution in [0.4, 0.5) is 0 Å². The minimum atomic E-state index is -0.603. The Kier molecular flexibility index (Phi) is 4.93. The smallest absolute Gasteiger partial charge is 0.302 e. The van der Waals surface area contributed by atoms with Crippen molar-refractivity contribution in [3.05, 3.63) is 67.7 Å². The third-order valence-corrected chi connectivity index (χ3v) is 3.39. The summed E-state index contributed by atoms with van der Waals surface area (Å²) < 4.78 is 0. The number of hydrogen-bond donors (Lipinski definition) is 2. The van der Waals surface area contributed by atoms with Gasteiger partial charge in [0.2, 0.25) is 5.43 Å². The molecule has 4 heteroatoms. The van der Waals surface area contributed by atoms with E-state index in [2.05, 4.69) is 41.4 Å². The Bertz CT molecular complexity index is 653. The third kappa shape index (κ3) is 3.95. The van der Waals surface area contributed by atoms with E-state index >= 15 is 0 Å². The predicted octanol–water partition coefficient (Wildman–Crippen LogP) is 2.19. The van der Waals surface area contributed by atoms with Crippen molar-refractivity contribution in [2.75, 3.05) is 0 Å². The van der Waals surface area contributed by atoms with Crippen LogP contribution in [0.1, 0.15) is 36.6 Å². The molecule has 106 valence electrons. The van der Waals surface area contributed by atoms with Gasteiger partial charge in [-0.05, 0) is 36.8 Å². The molecule has 0 saturated carbocycles. The summed E-state index contributed by atoms with van der Waals surface area (Å²) in [5.41, 5.74) is 2.26. The minimum absolute atomic E-state index is 0.492. The second-order valence-corrected chi connectivity index (χ2v) is 5.03. The molecule has 0 bridgehead atoms. The zero-order valence-corrected chi connectivity index (χ0v) is 11.7. The SMILES string of the molecule is CCCCc1ccc(CCc2cc(=O)c(=O)[nH][nH]2)cc1. The molecule has 0 radical (unpaired) electrons. The molecule has 0 aliphatic heterocycles. The monoisotopic (exact) mass is 272 g/mol. The van der Waals surface area contributed by atoms with E-state index in [1.54, 1.807) is 0 Å². The second-order valence-electron chi connectivity index (χ2n) is 5.03. The molecule has 20 heavy (non-hydrogen) atoms. The van der Waals surface area contributed by atoms with Gasteiger partial charge in [0.25, 0.3) is 0 Å². The van der Waals surface area contributed by atoms with E-state index in [0.29, 0.717) is 6.42 Å². The van der Waals surface area contributed by atoms with Crippen molar-refractivity contribution in [2.24, 2.45) is 0 Å². The molecule has 0 aliphatic carbocycles. The van der Waals surface area contributed by atoms with E-state index in [4.69, 9.17) is 0 Å². The van der Waals surface area contributed by atoms with E-state index in [-0.39, 0.29) is 0 Å². The van der Waals surface area contributed by atoms with Gasteiger partial charge in [-0.25, -0.2) is 0 Å². The number of benzene rings is 1. The van der Waals surface area contributed by atoms with Crippen LogP contribution < -0.4 is 11.0 Å². The average Bonchev–Trinajstić information content (AvgIpc) is 2.47. The molecular formula is C16H20N2O2. The normalized spacial score (nSPS) is 10.7. The molecule has 2 N–H and O–H groups in total. The van der Waals surface area contributed by atoms with E-state index in [1.807, 2.05) is 0 Å². The van der Waals surface area contributed by atoms with Gasteiger partial charge in [-0.2, -0.15) is 0 Å². The molecule has 0 spiro atoms. The van der Waals surface area contributed by atoms with Gasteiger partial charge in [-0.1, -0.05) is 37.6 Å². The number of hydrogen-bond acceptors (Lipinski definition) is 2. The fraction of sp³-hybridized carbons (Fsp3) is 0.375. The van der Waals surface area contributed by atoms with Crippen molar-refractivity contribution in [2.45, 2.75) is 39.0 Å². The maximum Gasteiger partial charge on any atom is 0.310 e. The van der Waals surface area contributed by atoms with Crippen LogP contribution in [0.3, 0.4) is 0 Å². The highest BCUT2D eigenvalue weighted by molar-refractivity contribution is 5.23. The molecule has 0 amide bonds. The number of H-pyrrole nitrogens is 2. The summed E-state index contributed by atoms with van der Waals surface area (Å²) >= 11 is 0. The summed E-state index contributed by atoms with van der Waals surface area (Å²) in [5, 5.41) is 5.09. The Morgan fingerprint density at radius 2 is 1.55 bits per heavy atom. The summed E-state index contributed by atoms with van der Waals surface area (Å²) in [4.78, 5) is 22.2. The molecule has 0 aliphatic rings. The zero-order chi connectivity index (χ0) is 14.4. The van der Waals surface area contributed by atoms with Crippen molar-refractivity contribution >= 4 is 0 Å². The molecular weight excluding hydrogens is 252 g/mol. The largest absolute Gasteiger partial charge is 0.310 e. The molecule has 4 nitrogen and oxygen atoms in total. The lowest BCUT2D eigenvalue weighted by atomic mass is 10.0. The first-order valence-corrected chi connectivity index (χ1v) is 7.07. The standard InChI is InChI=1S/C16H20N2O2/c1-2-3-4-12-5-7-13(8-6-12)9-10-14-11-15(19)16(20)18-17-14/h5-8,11H,2-4,9-10H2,1H3,(H,17,19)(H,18,20). The first kappa shape index (κ1) is 14.3. The van der Waals surface area contributed by atoms with Crippen LogP contribution in [0.25, 0.3) is 0 Å². The number of aromatic nitrogens is 2. The van der Waals surface area contributed by atoms with Gasteiger partial charge >= 0.3 is 5.56 Å². The van der Waals surface area contributed by atoms with Gasteiger partial charge in [0.15, 0.2) is 0 Å². The van der Waals surface area contributed by atoms with Gasteiger partial charge in [0, 0.05) is 11.8 Å². The second kappa shape index (κ2) is 6.89. The molecule has 0 atom stereocenters. The fourth-order valence-electron chi connectivity index (χ4n) is 2.13. The Hall–Kier alpha value is -2.10. The molecule has 1 heterocycles. The van der Waals surface area contributed by atoms with Crippen molar-refractivity contribution in [1.29, 1.82) is 0 Å². The van der Waals surface area contributed by atoms with Crippen LogP contribution in [0, 0.1) is 0 Å². The van der Waals surface area contributed by atoms with Crippen LogP contribution >= 0.6 is 0 Å². The summed E-state index contributed by atoms with van der Waals surface area (Å²) in [6.45, 7) is 2.19. The lowest BCUT2D eigenvalue weighted by molar-refractivity contribution is 0.793. The number of aromatic amines is 2. The Labute approximate surface area is 117 Å². The zero-order valence-electron chi connectivity index (χ0n) is 11.7. The molecule has 1 aromatic heterocycles. The average molecular weight is 272 g/mol. The summed E-state index contributed by atoms with van der Waals surface area (Å²) in [6.07, 6.45) is 5.11. The quantitative estimate of drug-likeness (QED) is 0.792. The lowest BCUT2D eigenvalue weighted by Crippen LogP contribution is -2.27. The maximum absolute atomic E-state index is 11.2. The van der Waals surface area contributed by atoms with Crippen LogP contribution in [-0.4, -0.2) is 10.2 Å². The predicted molar refractivity (Wildman–Crippen MR) is 80.1 cm³/mol. The van der Waals surface area contributed by atoms with Crippen molar-refractivity contribution in [3.8, 4) is 0 Å². The van der Waals surface area contributed by atoms with E-state index < -0.39 is 11.0 Å². The van der Waals surface area contributed by atoms with Gasteiger partial charge < -0.3 is 5.10 Å². The summed E-state index contributed by atoms with van der Waals surface area (Å²) in [7, 11) is 0. The van der Waals surface area contributed by atoms with E-state index in [1.165, 1.54) is 30.0 Å². The highest BCUT2D eigenvalue weighted by Crippen LogP contribution is 2.09. The van der Waals surface area contributed by atoms with Gasteiger partial charge in [-0.15, -0.1) is 0 Å². The number of rotatable bonds is 6. The summed E-state index contributed by atoms with van der Waals surface area (Å²) in [5.74, 6) is 0. The highest BCUT2D eigenvalue weighted by Gasteiger charge is 2.00. The Balaban J connectivity index is 1.95. The van der Waals surface area contributed by atoms with Crippen LogP contribution in [0.2, 0.25) is 0 Å². The molecule has 0 fully saturated rings. The summed E-state index contributed by atoms with van der Waals surface area (Å²) in [6, 6.07) is 9.97. The fourth-order valence-corrected chi connectivity index (χ4v) is 2.13. The number of aryl methyl sites for hydroxylation is 3. The number of unbranched alkanes of at least 4 members (excludes halogenated alkanes) is 1. The third-order valence-electron chi connectivity index (χ3n) is 3.39. The first-order chi connectivity index (χ1) is 9.69. The van der Waals surface area contributed by atoms with Crippen molar-refractivity contribution in [3.63, 3.8) is 0 Å². The molecule has 0 unspecified atom stereocenters. The number of nitrogens with one attached hydrogen (secondary N) is 2. The highest BCUT2D eigenvalue weighted by atomic mass is 16.2. The molecule has 1 aromatic carbocycles. The Morgan fingerprint density at radius 1 is 0.900 bits per heavy atom. The molecule has 2 rings (SSSR count). The topological polar surface area (TPSA) is 65.7 Å².